The molecule has 0 aliphatic carbocycles. The first-order valence-electron chi connectivity index (χ1n) is 12.7. The van der Waals surface area contributed by atoms with Crippen LogP contribution in [0.1, 0.15) is 31.4 Å². The molecule has 3 aromatic carbocycles. The van der Waals surface area contributed by atoms with E-state index in [1.165, 1.54) is 36.3 Å². The van der Waals surface area contributed by atoms with Gasteiger partial charge in [-0.15, -0.1) is 0 Å². The summed E-state index contributed by atoms with van der Waals surface area (Å²) in [6, 6.07) is 16.7. The number of hydrogen-bond donors (Lipinski definition) is 1. The smallest absolute Gasteiger partial charge is 0.264 e. The zero-order valence-electron chi connectivity index (χ0n) is 22.9. The van der Waals surface area contributed by atoms with Crippen molar-refractivity contribution in [3.8, 4) is 5.75 Å². The number of carbonyl (C=O) groups is 2. The van der Waals surface area contributed by atoms with E-state index < -0.39 is 28.5 Å². The number of aryl methyl sites for hydroxylation is 1. The van der Waals surface area contributed by atoms with Crippen LogP contribution in [0, 0.1) is 6.92 Å². The quantitative estimate of drug-likeness (QED) is 0.296. The second-order valence-electron chi connectivity index (χ2n) is 9.21. The maximum absolute atomic E-state index is 14.0. The standard InChI is InChI=1S/C29H33Cl2N3O5S/c1-5-17-32-29(36)21(3)33(18-25-26(30)7-6-8-27(25)31)28(35)19-34(22-11-9-20(2)10-12-22)40(37,38)24-15-13-23(39-4)14-16-24/h6-16,21H,5,17-19H2,1-4H3,(H,32,36)/t21-/m1/s1. The van der Waals surface area contributed by atoms with Crippen molar-refractivity contribution in [2.24, 2.45) is 0 Å². The van der Waals surface area contributed by atoms with E-state index in [1.54, 1.807) is 49.4 Å². The van der Waals surface area contributed by atoms with Crippen LogP contribution in [0.15, 0.2) is 71.6 Å². The van der Waals surface area contributed by atoms with Crippen LogP contribution in [0.5, 0.6) is 5.75 Å². The van der Waals surface area contributed by atoms with Gasteiger partial charge in [0, 0.05) is 28.7 Å². The molecular weight excluding hydrogens is 573 g/mol. The summed E-state index contributed by atoms with van der Waals surface area (Å²) in [5.41, 5.74) is 1.68. The molecule has 0 aliphatic heterocycles. The number of rotatable bonds is 12. The monoisotopic (exact) mass is 605 g/mol. The first kappa shape index (κ1) is 31.3. The van der Waals surface area contributed by atoms with Crippen LogP contribution >= 0.6 is 23.2 Å². The van der Waals surface area contributed by atoms with Gasteiger partial charge in [-0.2, -0.15) is 0 Å². The summed E-state index contributed by atoms with van der Waals surface area (Å²) < 4.78 is 34.0. The molecule has 0 aromatic heterocycles. The van der Waals surface area contributed by atoms with Gasteiger partial charge in [0.05, 0.1) is 17.7 Å². The van der Waals surface area contributed by atoms with Gasteiger partial charge in [0.25, 0.3) is 10.0 Å². The zero-order chi connectivity index (χ0) is 29.4. The minimum atomic E-state index is -4.19. The molecule has 8 nitrogen and oxygen atoms in total. The van der Waals surface area contributed by atoms with Crippen LogP contribution in [0.4, 0.5) is 5.69 Å². The summed E-state index contributed by atoms with van der Waals surface area (Å²) in [5, 5.41) is 3.45. The molecular formula is C29H33Cl2N3O5S. The Morgan fingerprint density at radius 3 is 2.12 bits per heavy atom. The first-order chi connectivity index (χ1) is 19.0. The lowest BCUT2D eigenvalue weighted by atomic mass is 10.1. The largest absolute Gasteiger partial charge is 0.497 e. The van der Waals surface area contributed by atoms with Crippen LogP contribution in [-0.2, 0) is 26.2 Å². The molecule has 3 aromatic rings. The summed E-state index contributed by atoms with van der Waals surface area (Å²) in [6.45, 7) is 5.15. The third-order valence-electron chi connectivity index (χ3n) is 6.35. The van der Waals surface area contributed by atoms with Crippen LogP contribution in [0.25, 0.3) is 0 Å². The molecule has 2 amide bonds. The van der Waals surface area contributed by atoms with E-state index in [2.05, 4.69) is 5.32 Å². The Morgan fingerprint density at radius 2 is 1.57 bits per heavy atom. The number of halogens is 2. The van der Waals surface area contributed by atoms with Crippen molar-refractivity contribution in [2.75, 3.05) is 24.5 Å². The maximum atomic E-state index is 14.0. The first-order valence-corrected chi connectivity index (χ1v) is 14.9. The molecule has 0 saturated carbocycles. The van der Waals surface area contributed by atoms with Gasteiger partial charge in [-0.3, -0.25) is 13.9 Å². The Labute approximate surface area is 245 Å². The highest BCUT2D eigenvalue weighted by Gasteiger charge is 2.33. The summed E-state index contributed by atoms with van der Waals surface area (Å²) in [5.74, 6) is -0.488. The molecule has 3 rings (SSSR count). The van der Waals surface area contributed by atoms with Gasteiger partial charge in [-0.05, 0) is 68.8 Å². The van der Waals surface area contributed by atoms with Gasteiger partial charge in [0.2, 0.25) is 11.8 Å². The number of carbonyl (C=O) groups excluding carboxylic acids is 2. The molecule has 0 bridgehead atoms. The van der Waals surface area contributed by atoms with Gasteiger partial charge in [0.1, 0.15) is 18.3 Å². The summed E-state index contributed by atoms with van der Waals surface area (Å²) in [4.78, 5) is 28.2. The molecule has 0 spiro atoms. The number of methoxy groups -OCH3 is 1. The number of nitrogens with one attached hydrogen (secondary N) is 1. The highest BCUT2D eigenvalue weighted by Crippen LogP contribution is 2.29. The predicted octanol–water partition coefficient (Wildman–Crippen LogP) is 5.45. The Hall–Kier alpha value is -3.27. The molecule has 11 heteroatoms. The molecule has 0 aliphatic rings. The summed E-state index contributed by atoms with van der Waals surface area (Å²) in [6.07, 6.45) is 0.712. The van der Waals surface area contributed by atoms with E-state index >= 15 is 0 Å². The van der Waals surface area contributed by atoms with Crippen LogP contribution in [-0.4, -0.2) is 51.4 Å². The molecule has 0 radical (unpaired) electrons. The second-order valence-corrected chi connectivity index (χ2v) is 11.9. The number of amides is 2. The number of nitrogens with zero attached hydrogens (tertiary/aromatic N) is 2. The van der Waals surface area contributed by atoms with Crippen molar-refractivity contribution in [3.63, 3.8) is 0 Å². The summed E-state index contributed by atoms with van der Waals surface area (Å²) in [7, 11) is -2.71. The fraction of sp³-hybridized carbons (Fsp3) is 0.310. The fourth-order valence-corrected chi connectivity index (χ4v) is 5.88. The van der Waals surface area contributed by atoms with Crippen molar-refractivity contribution in [2.45, 2.75) is 44.7 Å². The van der Waals surface area contributed by atoms with Crippen LogP contribution in [0.3, 0.4) is 0 Å². The molecule has 1 atom stereocenters. The second kappa shape index (κ2) is 13.9. The van der Waals surface area contributed by atoms with E-state index in [1.807, 2.05) is 13.8 Å². The highest BCUT2D eigenvalue weighted by atomic mass is 35.5. The maximum Gasteiger partial charge on any atom is 0.264 e. The molecule has 0 fully saturated rings. The van der Waals surface area contributed by atoms with Crippen molar-refractivity contribution in [1.82, 2.24) is 10.2 Å². The minimum absolute atomic E-state index is 0.0175. The molecule has 40 heavy (non-hydrogen) atoms. The SMILES string of the molecule is CCCNC(=O)[C@@H](C)N(Cc1c(Cl)cccc1Cl)C(=O)CN(c1ccc(C)cc1)S(=O)(=O)c1ccc(OC)cc1. The van der Waals surface area contributed by atoms with E-state index in [0.717, 1.165) is 9.87 Å². The lowest BCUT2D eigenvalue weighted by molar-refractivity contribution is -0.139. The average molecular weight is 607 g/mol. The van der Waals surface area contributed by atoms with E-state index in [4.69, 9.17) is 27.9 Å². The van der Waals surface area contributed by atoms with Crippen molar-refractivity contribution >= 4 is 50.7 Å². The summed E-state index contributed by atoms with van der Waals surface area (Å²) >= 11 is 12.8. The molecule has 1 N–H and O–H groups in total. The Morgan fingerprint density at radius 1 is 0.975 bits per heavy atom. The third kappa shape index (κ3) is 7.47. The van der Waals surface area contributed by atoms with Gasteiger partial charge in [-0.1, -0.05) is 53.9 Å². The average Bonchev–Trinajstić information content (AvgIpc) is 2.94. The number of anilines is 1. The Bertz CT molecular complexity index is 1410. The normalized spacial score (nSPS) is 11.9. The number of hydrogen-bond acceptors (Lipinski definition) is 5. The third-order valence-corrected chi connectivity index (χ3v) is 8.85. The van der Waals surface area contributed by atoms with Crippen molar-refractivity contribution < 1.29 is 22.7 Å². The van der Waals surface area contributed by atoms with Gasteiger partial charge in [0.15, 0.2) is 0 Å². The molecule has 0 heterocycles. The molecule has 214 valence electrons. The number of ether oxygens (including phenoxy) is 1. The van der Waals surface area contributed by atoms with Crippen molar-refractivity contribution in [1.29, 1.82) is 0 Å². The lowest BCUT2D eigenvalue weighted by Crippen LogP contribution is -2.51. The lowest BCUT2D eigenvalue weighted by Gasteiger charge is -2.32. The predicted molar refractivity (Wildman–Crippen MR) is 158 cm³/mol. The van der Waals surface area contributed by atoms with Gasteiger partial charge < -0.3 is 15.0 Å². The van der Waals surface area contributed by atoms with Crippen LogP contribution < -0.4 is 14.4 Å². The van der Waals surface area contributed by atoms with E-state index in [0.29, 0.717) is 40.0 Å². The molecule has 0 unspecified atom stereocenters. The van der Waals surface area contributed by atoms with E-state index in [9.17, 15) is 18.0 Å². The minimum Gasteiger partial charge on any atom is -0.497 e. The molecule has 0 saturated heterocycles. The topological polar surface area (TPSA) is 96.0 Å². The van der Waals surface area contributed by atoms with Gasteiger partial charge >= 0.3 is 0 Å². The Balaban J connectivity index is 2.05. The fourth-order valence-electron chi connectivity index (χ4n) is 3.95. The number of benzene rings is 3. The Kier molecular flexibility index (Phi) is 10.8. The van der Waals surface area contributed by atoms with E-state index in [-0.39, 0.29) is 17.3 Å². The van der Waals surface area contributed by atoms with Gasteiger partial charge in [-0.25, -0.2) is 8.42 Å². The van der Waals surface area contributed by atoms with Crippen LogP contribution in [0.2, 0.25) is 10.0 Å². The zero-order valence-corrected chi connectivity index (χ0v) is 25.2. The highest BCUT2D eigenvalue weighted by molar-refractivity contribution is 7.92. The number of sulfonamides is 1. The van der Waals surface area contributed by atoms with Crippen molar-refractivity contribution in [3.05, 3.63) is 87.9 Å².